The van der Waals surface area contributed by atoms with E-state index in [2.05, 4.69) is 16.0 Å². The molecular formula is C20H21N3O3. The summed E-state index contributed by atoms with van der Waals surface area (Å²) in [5.41, 5.74) is 3.02. The van der Waals surface area contributed by atoms with Gasteiger partial charge in [-0.3, -0.25) is 14.4 Å². The molecule has 0 fully saturated rings. The lowest BCUT2D eigenvalue weighted by atomic mass is 10.1. The van der Waals surface area contributed by atoms with Gasteiger partial charge in [0.15, 0.2) is 0 Å². The van der Waals surface area contributed by atoms with E-state index in [-0.39, 0.29) is 17.5 Å². The molecule has 3 amide bonds. The van der Waals surface area contributed by atoms with Gasteiger partial charge in [-0.25, -0.2) is 0 Å². The third-order valence-electron chi connectivity index (χ3n) is 3.48. The SMILES string of the molecule is CC(=O)N/C(=C\c1ccccc1C)C(=O)Nc1cccc(NC(C)=O)c1. The number of nitrogens with one attached hydrogen (secondary N) is 3. The van der Waals surface area contributed by atoms with Crippen LogP contribution in [0.15, 0.2) is 54.2 Å². The summed E-state index contributed by atoms with van der Waals surface area (Å²) in [7, 11) is 0. The second-order valence-electron chi connectivity index (χ2n) is 5.81. The van der Waals surface area contributed by atoms with Gasteiger partial charge in [0.05, 0.1) is 0 Å². The van der Waals surface area contributed by atoms with Crippen molar-refractivity contribution < 1.29 is 14.4 Å². The van der Waals surface area contributed by atoms with Crippen molar-refractivity contribution >= 4 is 35.2 Å². The van der Waals surface area contributed by atoms with Crippen molar-refractivity contribution in [1.29, 1.82) is 0 Å². The molecule has 3 N–H and O–H groups in total. The van der Waals surface area contributed by atoms with Crippen LogP contribution in [0.5, 0.6) is 0 Å². The highest BCUT2D eigenvalue weighted by molar-refractivity contribution is 6.08. The summed E-state index contributed by atoms with van der Waals surface area (Å²) in [6.45, 7) is 4.67. The lowest BCUT2D eigenvalue weighted by molar-refractivity contribution is -0.120. The molecule has 0 saturated carbocycles. The summed E-state index contributed by atoms with van der Waals surface area (Å²) in [6.07, 6.45) is 1.63. The maximum Gasteiger partial charge on any atom is 0.272 e. The van der Waals surface area contributed by atoms with Gasteiger partial charge < -0.3 is 16.0 Å². The number of hydrogen-bond acceptors (Lipinski definition) is 3. The highest BCUT2D eigenvalue weighted by Gasteiger charge is 2.12. The summed E-state index contributed by atoms with van der Waals surface area (Å²) in [5.74, 6) is -0.998. The number of amides is 3. The van der Waals surface area contributed by atoms with Crippen LogP contribution in [0, 0.1) is 6.92 Å². The third-order valence-corrected chi connectivity index (χ3v) is 3.48. The van der Waals surface area contributed by atoms with Gasteiger partial charge in [-0.15, -0.1) is 0 Å². The Balaban J connectivity index is 2.26. The maximum atomic E-state index is 12.6. The van der Waals surface area contributed by atoms with Gasteiger partial charge in [-0.05, 0) is 42.3 Å². The van der Waals surface area contributed by atoms with E-state index < -0.39 is 5.91 Å². The summed E-state index contributed by atoms with van der Waals surface area (Å²) >= 11 is 0. The van der Waals surface area contributed by atoms with Crippen LogP contribution in [0.4, 0.5) is 11.4 Å². The van der Waals surface area contributed by atoms with Crippen LogP contribution in [0.25, 0.3) is 6.08 Å². The Morgan fingerprint density at radius 3 is 2.12 bits per heavy atom. The molecule has 6 heteroatoms. The standard InChI is InChI=1S/C20H21N3O3/c1-13-7-4-5-8-16(13)11-19(22-15(3)25)20(26)23-18-10-6-9-17(12-18)21-14(2)24/h4-12H,1-3H3,(H,21,24)(H,22,25)(H,23,26)/b19-11-. The highest BCUT2D eigenvalue weighted by atomic mass is 16.2. The number of carbonyl (C=O) groups is 3. The molecule has 0 bridgehead atoms. The monoisotopic (exact) mass is 351 g/mol. The average Bonchev–Trinajstić information content (AvgIpc) is 2.55. The van der Waals surface area contributed by atoms with Crippen LogP contribution in [-0.4, -0.2) is 17.7 Å². The van der Waals surface area contributed by atoms with E-state index in [1.165, 1.54) is 13.8 Å². The zero-order valence-corrected chi connectivity index (χ0v) is 14.9. The smallest absolute Gasteiger partial charge is 0.272 e. The topological polar surface area (TPSA) is 87.3 Å². The van der Waals surface area contributed by atoms with Gasteiger partial charge in [-0.1, -0.05) is 30.3 Å². The molecule has 0 aliphatic carbocycles. The number of hydrogen-bond donors (Lipinski definition) is 3. The molecular weight excluding hydrogens is 330 g/mol. The number of aryl methyl sites for hydroxylation is 1. The molecule has 0 saturated heterocycles. The van der Waals surface area contributed by atoms with E-state index in [0.717, 1.165) is 11.1 Å². The molecule has 2 aromatic rings. The minimum absolute atomic E-state index is 0.136. The Bertz CT molecular complexity index is 872. The van der Waals surface area contributed by atoms with Crippen LogP contribution in [0.2, 0.25) is 0 Å². The highest BCUT2D eigenvalue weighted by Crippen LogP contribution is 2.17. The first-order valence-electron chi connectivity index (χ1n) is 8.09. The molecule has 0 atom stereocenters. The maximum absolute atomic E-state index is 12.6. The number of anilines is 2. The van der Waals surface area contributed by atoms with Gasteiger partial charge in [0.2, 0.25) is 11.8 Å². The van der Waals surface area contributed by atoms with E-state index in [9.17, 15) is 14.4 Å². The zero-order chi connectivity index (χ0) is 19.1. The van der Waals surface area contributed by atoms with Gasteiger partial charge >= 0.3 is 0 Å². The molecule has 0 spiro atoms. The second kappa shape index (κ2) is 8.62. The van der Waals surface area contributed by atoms with Crippen LogP contribution in [0.3, 0.4) is 0 Å². The predicted octanol–water partition coefficient (Wildman–Crippen LogP) is 3.07. The van der Waals surface area contributed by atoms with Crippen LogP contribution in [0.1, 0.15) is 25.0 Å². The van der Waals surface area contributed by atoms with Crippen molar-refractivity contribution in [3.05, 3.63) is 65.4 Å². The number of rotatable bonds is 5. The Labute approximate surface area is 152 Å². The summed E-state index contributed by atoms with van der Waals surface area (Å²) < 4.78 is 0. The van der Waals surface area contributed by atoms with Crippen molar-refractivity contribution in [1.82, 2.24) is 5.32 Å². The molecule has 0 aliphatic heterocycles. The van der Waals surface area contributed by atoms with Crippen LogP contribution in [-0.2, 0) is 14.4 Å². The van der Waals surface area contributed by atoms with Crippen molar-refractivity contribution in [3.63, 3.8) is 0 Å². The molecule has 0 unspecified atom stereocenters. The molecule has 0 aliphatic rings. The Morgan fingerprint density at radius 2 is 1.50 bits per heavy atom. The van der Waals surface area contributed by atoms with Crippen LogP contribution < -0.4 is 16.0 Å². The van der Waals surface area contributed by atoms with Crippen molar-refractivity contribution in [2.45, 2.75) is 20.8 Å². The van der Waals surface area contributed by atoms with Crippen LogP contribution >= 0.6 is 0 Å². The largest absolute Gasteiger partial charge is 0.326 e. The summed E-state index contributed by atoms with van der Waals surface area (Å²) in [4.78, 5) is 35.3. The van der Waals surface area contributed by atoms with E-state index in [4.69, 9.17) is 0 Å². The summed E-state index contributed by atoms with van der Waals surface area (Å²) in [5, 5.41) is 7.94. The fourth-order valence-corrected chi connectivity index (χ4v) is 2.33. The fraction of sp³-hybridized carbons (Fsp3) is 0.150. The number of carbonyl (C=O) groups excluding carboxylic acids is 3. The Hall–Kier alpha value is -3.41. The second-order valence-corrected chi connectivity index (χ2v) is 5.81. The molecule has 6 nitrogen and oxygen atoms in total. The Kier molecular flexibility index (Phi) is 6.27. The van der Waals surface area contributed by atoms with Crippen molar-refractivity contribution in [3.8, 4) is 0 Å². The van der Waals surface area contributed by atoms with Gasteiger partial charge in [0.25, 0.3) is 5.91 Å². The zero-order valence-electron chi connectivity index (χ0n) is 14.9. The molecule has 2 aromatic carbocycles. The minimum Gasteiger partial charge on any atom is -0.326 e. The van der Waals surface area contributed by atoms with Gasteiger partial charge in [0, 0.05) is 25.2 Å². The third kappa shape index (κ3) is 5.59. The average molecular weight is 351 g/mol. The van der Waals surface area contributed by atoms with E-state index in [1.54, 1.807) is 30.3 Å². The molecule has 26 heavy (non-hydrogen) atoms. The van der Waals surface area contributed by atoms with E-state index in [1.807, 2.05) is 31.2 Å². The van der Waals surface area contributed by atoms with Gasteiger partial charge in [0.1, 0.15) is 5.70 Å². The first-order valence-corrected chi connectivity index (χ1v) is 8.09. The minimum atomic E-state index is -0.455. The fourth-order valence-electron chi connectivity index (χ4n) is 2.33. The predicted molar refractivity (Wildman–Crippen MR) is 102 cm³/mol. The first kappa shape index (κ1) is 18.9. The summed E-state index contributed by atoms with van der Waals surface area (Å²) in [6, 6.07) is 14.3. The molecule has 0 heterocycles. The Morgan fingerprint density at radius 1 is 0.846 bits per heavy atom. The van der Waals surface area contributed by atoms with E-state index >= 15 is 0 Å². The first-order chi connectivity index (χ1) is 12.3. The molecule has 0 radical (unpaired) electrons. The lowest BCUT2D eigenvalue weighted by Crippen LogP contribution is -2.29. The quantitative estimate of drug-likeness (QED) is 0.724. The molecule has 2 rings (SSSR count). The number of benzene rings is 2. The molecule has 0 aromatic heterocycles. The normalized spacial score (nSPS) is 10.8. The lowest BCUT2D eigenvalue weighted by Gasteiger charge is -2.11. The van der Waals surface area contributed by atoms with Crippen molar-refractivity contribution in [2.24, 2.45) is 0 Å². The van der Waals surface area contributed by atoms with Gasteiger partial charge in [-0.2, -0.15) is 0 Å². The molecule has 134 valence electrons. The van der Waals surface area contributed by atoms with Crippen molar-refractivity contribution in [2.75, 3.05) is 10.6 Å². The van der Waals surface area contributed by atoms with E-state index in [0.29, 0.717) is 11.4 Å².